The lowest BCUT2D eigenvalue weighted by atomic mass is 10.2. The highest BCUT2D eigenvalue weighted by molar-refractivity contribution is 6.31. The monoisotopic (exact) mass is 313 g/mol. The average Bonchev–Trinajstić information content (AvgIpc) is 2.86. The molecule has 0 radical (unpaired) electrons. The number of hydrogen-bond donors (Lipinski definition) is 0. The van der Waals surface area contributed by atoms with Crippen molar-refractivity contribution in [2.75, 3.05) is 14.2 Å². The van der Waals surface area contributed by atoms with E-state index in [-0.39, 0.29) is 23.9 Å². The van der Waals surface area contributed by atoms with Crippen LogP contribution < -0.4 is 0 Å². The highest BCUT2D eigenvalue weighted by atomic mass is 35.5. The minimum absolute atomic E-state index is 0.0102. The summed E-state index contributed by atoms with van der Waals surface area (Å²) in [6.07, 6.45) is 0. The van der Waals surface area contributed by atoms with Crippen LogP contribution in [0.25, 0.3) is 0 Å². The molecule has 0 saturated heterocycles. The third-order valence-electron chi connectivity index (χ3n) is 2.85. The number of carbonyl (C=O) groups excluding carboxylic acids is 1. The molecule has 6 nitrogen and oxygen atoms in total. The molecule has 0 aliphatic carbocycles. The second kappa shape index (κ2) is 6.64. The second-order valence-corrected chi connectivity index (χ2v) is 4.56. The van der Waals surface area contributed by atoms with Crippen molar-refractivity contribution in [1.82, 2.24) is 15.0 Å². The minimum atomic E-state index is -0.612. The van der Waals surface area contributed by atoms with Gasteiger partial charge in [0.25, 0.3) is 0 Å². The number of nitrogens with zero attached hydrogens (tertiary/aromatic N) is 3. The number of carbonyl (C=O) groups is 1. The van der Waals surface area contributed by atoms with Crippen molar-refractivity contribution in [3.63, 3.8) is 0 Å². The Morgan fingerprint density at radius 2 is 2.19 bits per heavy atom. The van der Waals surface area contributed by atoms with Gasteiger partial charge in [0, 0.05) is 7.11 Å². The van der Waals surface area contributed by atoms with E-state index in [2.05, 4.69) is 15.0 Å². The summed E-state index contributed by atoms with van der Waals surface area (Å²) < 4.78 is 24.5. The first-order chi connectivity index (χ1) is 10.1. The molecule has 1 heterocycles. The molecule has 0 unspecified atom stereocenters. The molecule has 2 aromatic rings. The fourth-order valence-corrected chi connectivity index (χ4v) is 2.01. The van der Waals surface area contributed by atoms with Crippen LogP contribution in [-0.4, -0.2) is 35.2 Å². The van der Waals surface area contributed by atoms with Gasteiger partial charge < -0.3 is 9.47 Å². The van der Waals surface area contributed by atoms with E-state index in [4.69, 9.17) is 16.3 Å². The average molecular weight is 314 g/mol. The summed E-state index contributed by atoms with van der Waals surface area (Å²) in [5, 5.41) is 7.66. The van der Waals surface area contributed by atoms with Gasteiger partial charge in [0.15, 0.2) is 5.69 Å². The van der Waals surface area contributed by atoms with Gasteiger partial charge in [-0.05, 0) is 11.6 Å². The van der Waals surface area contributed by atoms with E-state index in [9.17, 15) is 9.18 Å². The first-order valence-corrected chi connectivity index (χ1v) is 6.38. The van der Waals surface area contributed by atoms with Gasteiger partial charge in [0.1, 0.15) is 5.82 Å². The van der Waals surface area contributed by atoms with Crippen LogP contribution in [0.2, 0.25) is 5.02 Å². The van der Waals surface area contributed by atoms with Crippen LogP contribution in [-0.2, 0) is 22.6 Å². The lowest BCUT2D eigenvalue weighted by Crippen LogP contribution is -2.11. The summed E-state index contributed by atoms with van der Waals surface area (Å²) in [5.74, 6) is -1.13. The zero-order chi connectivity index (χ0) is 15.4. The molecule has 1 aromatic carbocycles. The van der Waals surface area contributed by atoms with E-state index in [1.807, 2.05) is 0 Å². The summed E-state index contributed by atoms with van der Waals surface area (Å²) in [5.41, 5.74) is 1.02. The maximum Gasteiger partial charge on any atom is 0.360 e. The fourth-order valence-electron chi connectivity index (χ4n) is 1.83. The first-order valence-electron chi connectivity index (χ1n) is 6.01. The molecule has 0 atom stereocenters. The Kier molecular flexibility index (Phi) is 4.87. The third kappa shape index (κ3) is 3.20. The molecule has 0 saturated carbocycles. The number of hydrogen-bond acceptors (Lipinski definition) is 5. The van der Waals surface area contributed by atoms with Crippen LogP contribution in [0, 0.1) is 5.82 Å². The number of ether oxygens (including phenoxy) is 2. The number of methoxy groups -OCH3 is 2. The van der Waals surface area contributed by atoms with Crippen molar-refractivity contribution in [2.24, 2.45) is 0 Å². The quantitative estimate of drug-likeness (QED) is 0.790. The van der Waals surface area contributed by atoms with Crippen molar-refractivity contribution in [3.05, 3.63) is 46.0 Å². The largest absolute Gasteiger partial charge is 0.464 e. The van der Waals surface area contributed by atoms with E-state index < -0.39 is 11.8 Å². The Bertz CT molecular complexity index is 660. The van der Waals surface area contributed by atoms with Crippen LogP contribution >= 0.6 is 11.6 Å². The standard InChI is InChI=1S/C13H13ClFN3O3/c1-20-7-10-12(13(19)21-2)16-17-18(10)6-8-4-3-5-9(15)11(8)14/h3-5H,6-7H2,1-2H3. The molecule has 2 rings (SSSR count). The van der Waals surface area contributed by atoms with Gasteiger partial charge in [-0.2, -0.15) is 0 Å². The molecule has 112 valence electrons. The molecule has 0 amide bonds. The van der Waals surface area contributed by atoms with E-state index in [0.29, 0.717) is 11.3 Å². The van der Waals surface area contributed by atoms with Gasteiger partial charge in [-0.1, -0.05) is 28.9 Å². The predicted molar refractivity (Wildman–Crippen MR) is 72.6 cm³/mol. The zero-order valence-electron chi connectivity index (χ0n) is 11.5. The van der Waals surface area contributed by atoms with E-state index in [0.717, 1.165) is 0 Å². The van der Waals surface area contributed by atoms with E-state index >= 15 is 0 Å². The molecule has 0 bridgehead atoms. The van der Waals surface area contributed by atoms with Crippen LogP contribution in [0.1, 0.15) is 21.7 Å². The number of aromatic nitrogens is 3. The Labute approximate surface area is 125 Å². The molecule has 1 aromatic heterocycles. The van der Waals surface area contributed by atoms with Crippen molar-refractivity contribution in [3.8, 4) is 0 Å². The second-order valence-electron chi connectivity index (χ2n) is 4.18. The van der Waals surface area contributed by atoms with Gasteiger partial charge in [-0.3, -0.25) is 0 Å². The molecule has 8 heteroatoms. The van der Waals surface area contributed by atoms with Crippen LogP contribution in [0.5, 0.6) is 0 Å². The topological polar surface area (TPSA) is 66.2 Å². The zero-order valence-corrected chi connectivity index (χ0v) is 12.2. The van der Waals surface area contributed by atoms with Gasteiger partial charge in [0.2, 0.25) is 0 Å². The Morgan fingerprint density at radius 3 is 2.86 bits per heavy atom. The Balaban J connectivity index is 2.38. The fraction of sp³-hybridized carbons (Fsp3) is 0.308. The molecular weight excluding hydrogens is 301 g/mol. The van der Waals surface area contributed by atoms with Gasteiger partial charge in [0.05, 0.1) is 31.0 Å². The highest BCUT2D eigenvalue weighted by Crippen LogP contribution is 2.21. The van der Waals surface area contributed by atoms with Crippen molar-refractivity contribution in [1.29, 1.82) is 0 Å². The number of rotatable bonds is 5. The van der Waals surface area contributed by atoms with Crippen molar-refractivity contribution >= 4 is 17.6 Å². The third-order valence-corrected chi connectivity index (χ3v) is 3.27. The van der Waals surface area contributed by atoms with Crippen LogP contribution in [0.3, 0.4) is 0 Å². The SMILES string of the molecule is COCc1c(C(=O)OC)nnn1Cc1cccc(F)c1Cl. The molecule has 0 aliphatic rings. The lowest BCUT2D eigenvalue weighted by molar-refractivity contribution is 0.0588. The van der Waals surface area contributed by atoms with Crippen molar-refractivity contribution in [2.45, 2.75) is 13.2 Å². The number of benzene rings is 1. The predicted octanol–water partition coefficient (Wildman–Crippen LogP) is 2.05. The minimum Gasteiger partial charge on any atom is -0.464 e. The van der Waals surface area contributed by atoms with Crippen LogP contribution in [0.15, 0.2) is 18.2 Å². The van der Waals surface area contributed by atoms with Crippen molar-refractivity contribution < 1.29 is 18.7 Å². The van der Waals surface area contributed by atoms with Gasteiger partial charge >= 0.3 is 5.97 Å². The molecule has 21 heavy (non-hydrogen) atoms. The maximum absolute atomic E-state index is 13.4. The molecule has 0 aliphatic heterocycles. The number of esters is 1. The summed E-state index contributed by atoms with van der Waals surface area (Å²) in [6.45, 7) is 0.281. The molecule has 0 fully saturated rings. The summed E-state index contributed by atoms with van der Waals surface area (Å²) >= 11 is 5.91. The van der Waals surface area contributed by atoms with Gasteiger partial charge in [-0.15, -0.1) is 5.10 Å². The smallest absolute Gasteiger partial charge is 0.360 e. The number of halogens is 2. The molecular formula is C13H13ClFN3O3. The summed E-state index contributed by atoms with van der Waals surface area (Å²) in [6, 6.07) is 4.48. The maximum atomic E-state index is 13.4. The van der Waals surface area contributed by atoms with E-state index in [1.54, 1.807) is 12.1 Å². The lowest BCUT2D eigenvalue weighted by Gasteiger charge is -2.08. The first kappa shape index (κ1) is 15.4. The van der Waals surface area contributed by atoms with E-state index in [1.165, 1.54) is 25.0 Å². The summed E-state index contributed by atoms with van der Waals surface area (Å²) in [4.78, 5) is 11.6. The summed E-state index contributed by atoms with van der Waals surface area (Å²) in [7, 11) is 2.73. The molecule has 0 N–H and O–H groups in total. The normalized spacial score (nSPS) is 10.7. The van der Waals surface area contributed by atoms with Gasteiger partial charge in [-0.25, -0.2) is 13.9 Å². The Hall–Kier alpha value is -1.99. The molecule has 0 spiro atoms. The highest BCUT2D eigenvalue weighted by Gasteiger charge is 2.21. The Morgan fingerprint density at radius 1 is 1.43 bits per heavy atom. The van der Waals surface area contributed by atoms with Crippen LogP contribution in [0.4, 0.5) is 4.39 Å².